The summed E-state index contributed by atoms with van der Waals surface area (Å²) in [5, 5.41) is 0. The molecule has 5 heteroatoms. The van der Waals surface area contributed by atoms with Crippen LogP contribution < -0.4 is 0 Å². The smallest absolute Gasteiger partial charge is 0.340 e. The number of ether oxygens (including phenoxy) is 2. The van der Waals surface area contributed by atoms with E-state index in [1.165, 1.54) is 0 Å². The molecule has 0 amide bonds. The van der Waals surface area contributed by atoms with Gasteiger partial charge < -0.3 is 18.3 Å². The molecule has 1 aliphatic heterocycles. The molecular weight excluding hydrogens is 260 g/mol. The minimum Gasteiger partial charge on any atom is -0.394 e. The lowest BCUT2D eigenvalue weighted by Crippen LogP contribution is -2.43. The third-order valence-corrected chi connectivity index (χ3v) is 6.79. The Bertz CT molecular complexity index is 213. The highest BCUT2D eigenvalue weighted by Crippen LogP contribution is 2.22. The quantitative estimate of drug-likeness (QED) is 0.297. The van der Waals surface area contributed by atoms with Gasteiger partial charge in [-0.1, -0.05) is 27.2 Å². The number of hydrogen-bond donors (Lipinski definition) is 0. The normalized spacial score (nSPS) is 18.8. The molecule has 0 aromatic rings. The van der Waals surface area contributed by atoms with E-state index >= 15 is 0 Å². The zero-order valence-electron chi connectivity index (χ0n) is 12.8. The Labute approximate surface area is 119 Å². The van der Waals surface area contributed by atoms with Crippen molar-refractivity contribution in [1.29, 1.82) is 0 Å². The van der Waals surface area contributed by atoms with Gasteiger partial charge in [-0.15, -0.1) is 0 Å². The van der Waals surface area contributed by atoms with Crippen LogP contribution in [0.3, 0.4) is 0 Å². The van der Waals surface area contributed by atoms with Crippen molar-refractivity contribution in [2.75, 3.05) is 33.0 Å². The summed E-state index contributed by atoms with van der Waals surface area (Å²) in [5.41, 5.74) is 0. The van der Waals surface area contributed by atoms with Gasteiger partial charge in [0.1, 0.15) is 6.10 Å². The van der Waals surface area contributed by atoms with Crippen molar-refractivity contribution in [1.82, 2.24) is 0 Å². The molecule has 1 aliphatic rings. The zero-order chi connectivity index (χ0) is 14.0. The molecule has 19 heavy (non-hydrogen) atoms. The van der Waals surface area contributed by atoms with E-state index in [0.29, 0.717) is 6.10 Å². The molecule has 0 radical (unpaired) electrons. The summed E-state index contributed by atoms with van der Waals surface area (Å²) < 4.78 is 23.1. The fourth-order valence-corrected chi connectivity index (χ4v) is 5.30. The predicted octanol–water partition coefficient (Wildman–Crippen LogP) is 3.11. The highest BCUT2D eigenvalue weighted by molar-refractivity contribution is 6.67. The maximum absolute atomic E-state index is 6.15. The molecule has 0 spiro atoms. The lowest BCUT2D eigenvalue weighted by molar-refractivity contribution is 0.110. The van der Waals surface area contributed by atoms with Gasteiger partial charge in [0.05, 0.1) is 13.2 Å². The molecule has 1 fully saturated rings. The van der Waals surface area contributed by atoms with Crippen LogP contribution in [0.2, 0.25) is 12.1 Å². The first-order valence-electron chi connectivity index (χ1n) is 7.73. The second kappa shape index (κ2) is 9.88. The average molecular weight is 290 g/mol. The van der Waals surface area contributed by atoms with Crippen molar-refractivity contribution >= 4 is 8.56 Å². The van der Waals surface area contributed by atoms with Gasteiger partial charge >= 0.3 is 8.56 Å². The van der Waals surface area contributed by atoms with Crippen molar-refractivity contribution in [3.63, 3.8) is 0 Å². The maximum Gasteiger partial charge on any atom is 0.340 e. The Morgan fingerprint density at radius 1 is 0.947 bits per heavy atom. The molecule has 0 aromatic heterocycles. The lowest BCUT2D eigenvalue weighted by atomic mass is 10.5. The van der Waals surface area contributed by atoms with Crippen LogP contribution in [0.4, 0.5) is 0 Å². The summed E-state index contributed by atoms with van der Waals surface area (Å²) in [7, 11) is -2.05. The standard InChI is InChI=1S/C14H30O4Si/c1-4-7-17-19(10-6-3,18-8-5-2)11-9-15-12-14-13-16-14/h14H,4-13H2,1-3H3. The van der Waals surface area contributed by atoms with E-state index in [2.05, 4.69) is 20.8 Å². The third-order valence-electron chi connectivity index (χ3n) is 3.10. The van der Waals surface area contributed by atoms with E-state index < -0.39 is 8.56 Å². The first kappa shape index (κ1) is 17.1. The summed E-state index contributed by atoms with van der Waals surface area (Å²) in [6, 6.07) is 2.00. The molecule has 4 nitrogen and oxygen atoms in total. The summed E-state index contributed by atoms with van der Waals surface area (Å²) >= 11 is 0. The van der Waals surface area contributed by atoms with E-state index in [4.69, 9.17) is 18.3 Å². The summed E-state index contributed by atoms with van der Waals surface area (Å²) in [6.45, 7) is 10.4. The molecule has 0 aromatic carbocycles. The third kappa shape index (κ3) is 7.42. The van der Waals surface area contributed by atoms with Gasteiger partial charge in [-0.05, 0) is 18.9 Å². The first-order valence-corrected chi connectivity index (χ1v) is 9.96. The van der Waals surface area contributed by atoms with Gasteiger partial charge in [-0.25, -0.2) is 0 Å². The van der Waals surface area contributed by atoms with Gasteiger partial charge in [0.25, 0.3) is 0 Å². The van der Waals surface area contributed by atoms with Crippen LogP contribution in [0, 0.1) is 0 Å². The summed E-state index contributed by atoms with van der Waals surface area (Å²) in [5.74, 6) is 0. The Balaban J connectivity index is 2.36. The van der Waals surface area contributed by atoms with E-state index in [1.807, 2.05) is 0 Å². The fraction of sp³-hybridized carbons (Fsp3) is 1.00. The van der Waals surface area contributed by atoms with Crippen molar-refractivity contribution < 1.29 is 18.3 Å². The average Bonchev–Trinajstić information content (AvgIpc) is 3.23. The first-order chi connectivity index (χ1) is 9.26. The molecule has 0 N–H and O–H groups in total. The highest BCUT2D eigenvalue weighted by atomic mass is 28.4. The fourth-order valence-electron chi connectivity index (χ4n) is 2.02. The number of rotatable bonds is 13. The lowest BCUT2D eigenvalue weighted by Gasteiger charge is -2.30. The van der Waals surface area contributed by atoms with Gasteiger partial charge in [0.15, 0.2) is 0 Å². The molecular formula is C14H30O4Si. The van der Waals surface area contributed by atoms with Crippen LogP contribution >= 0.6 is 0 Å². The SMILES string of the molecule is CCCO[Si](CCC)(CCOCC1CO1)OCCC. The van der Waals surface area contributed by atoms with E-state index in [-0.39, 0.29) is 0 Å². The van der Waals surface area contributed by atoms with Crippen molar-refractivity contribution in [3.8, 4) is 0 Å². The van der Waals surface area contributed by atoms with Crippen LogP contribution in [0.15, 0.2) is 0 Å². The zero-order valence-corrected chi connectivity index (χ0v) is 13.8. The second-order valence-corrected chi connectivity index (χ2v) is 8.54. The topological polar surface area (TPSA) is 40.2 Å². The van der Waals surface area contributed by atoms with E-state index in [1.54, 1.807) is 0 Å². The molecule has 1 heterocycles. The Kier molecular flexibility index (Phi) is 8.90. The predicted molar refractivity (Wildman–Crippen MR) is 78.7 cm³/mol. The molecule has 1 saturated heterocycles. The minimum atomic E-state index is -2.05. The van der Waals surface area contributed by atoms with Crippen LogP contribution in [0.25, 0.3) is 0 Å². The molecule has 0 aliphatic carbocycles. The van der Waals surface area contributed by atoms with Gasteiger partial charge in [-0.3, -0.25) is 0 Å². The molecule has 1 rings (SSSR count). The van der Waals surface area contributed by atoms with Gasteiger partial charge in [0.2, 0.25) is 0 Å². The molecule has 0 bridgehead atoms. The molecule has 0 saturated carbocycles. The summed E-state index contributed by atoms with van der Waals surface area (Å²) in [4.78, 5) is 0. The number of epoxide rings is 1. The van der Waals surface area contributed by atoms with Crippen LogP contribution in [0.5, 0.6) is 0 Å². The van der Waals surface area contributed by atoms with E-state index in [9.17, 15) is 0 Å². The van der Waals surface area contributed by atoms with Crippen molar-refractivity contribution in [2.24, 2.45) is 0 Å². The van der Waals surface area contributed by atoms with Crippen LogP contribution in [-0.2, 0) is 18.3 Å². The highest BCUT2D eigenvalue weighted by Gasteiger charge is 2.36. The van der Waals surface area contributed by atoms with Crippen LogP contribution in [-0.4, -0.2) is 47.7 Å². The summed E-state index contributed by atoms with van der Waals surface area (Å²) in [6.07, 6.45) is 3.55. The molecule has 1 unspecified atom stereocenters. The largest absolute Gasteiger partial charge is 0.394 e. The van der Waals surface area contributed by atoms with Crippen molar-refractivity contribution in [3.05, 3.63) is 0 Å². The molecule has 1 atom stereocenters. The Hall–Kier alpha value is 0.0569. The maximum atomic E-state index is 6.15. The van der Waals surface area contributed by atoms with E-state index in [0.717, 1.165) is 64.4 Å². The number of hydrogen-bond acceptors (Lipinski definition) is 4. The monoisotopic (exact) mass is 290 g/mol. The second-order valence-electron chi connectivity index (χ2n) is 5.14. The van der Waals surface area contributed by atoms with Crippen molar-refractivity contribution in [2.45, 2.75) is 58.2 Å². The van der Waals surface area contributed by atoms with Gasteiger partial charge in [-0.2, -0.15) is 0 Å². The minimum absolute atomic E-state index is 0.343. The Morgan fingerprint density at radius 2 is 1.58 bits per heavy atom. The Morgan fingerprint density at radius 3 is 2.05 bits per heavy atom. The molecule has 114 valence electrons. The van der Waals surface area contributed by atoms with Gasteiger partial charge in [0, 0.05) is 25.9 Å². The van der Waals surface area contributed by atoms with Crippen LogP contribution in [0.1, 0.15) is 40.0 Å².